The van der Waals surface area contributed by atoms with E-state index in [0.29, 0.717) is 24.3 Å². The van der Waals surface area contributed by atoms with Gasteiger partial charge in [-0.2, -0.15) is 0 Å². The molecule has 1 heterocycles. The van der Waals surface area contributed by atoms with E-state index < -0.39 is 15.8 Å². The zero-order valence-corrected chi connectivity index (χ0v) is 15.0. The summed E-state index contributed by atoms with van der Waals surface area (Å²) in [5.41, 5.74) is 0.882. The lowest BCUT2D eigenvalue weighted by molar-refractivity contribution is 0.599. The molecule has 0 unspecified atom stereocenters. The van der Waals surface area contributed by atoms with Crippen LogP contribution in [0.1, 0.15) is 5.56 Å². The molecule has 0 atom stereocenters. The molecule has 0 bridgehead atoms. The van der Waals surface area contributed by atoms with Crippen LogP contribution >= 0.6 is 0 Å². The highest BCUT2D eigenvalue weighted by molar-refractivity contribution is 7.92. The first-order chi connectivity index (χ1) is 12.9. The Morgan fingerprint density at radius 2 is 1.67 bits per heavy atom. The summed E-state index contributed by atoms with van der Waals surface area (Å²) in [6.45, 7) is 0.481. The third-order valence-corrected chi connectivity index (χ3v) is 5.20. The Morgan fingerprint density at radius 1 is 0.926 bits per heavy atom. The molecule has 2 aromatic carbocycles. The van der Waals surface area contributed by atoms with Gasteiger partial charge in [-0.3, -0.25) is 4.72 Å². The van der Waals surface area contributed by atoms with Crippen molar-refractivity contribution in [1.29, 1.82) is 0 Å². The predicted molar refractivity (Wildman–Crippen MR) is 100 cm³/mol. The topological polar surface area (TPSA) is 71.1 Å². The molecule has 140 valence electrons. The molecule has 0 saturated heterocycles. The second-order valence-corrected chi connectivity index (χ2v) is 7.44. The summed E-state index contributed by atoms with van der Waals surface area (Å²) < 4.78 is 53.4. The van der Waals surface area contributed by atoms with Crippen LogP contribution in [0.3, 0.4) is 0 Å². The molecule has 27 heavy (non-hydrogen) atoms. The minimum Gasteiger partial charge on any atom is -0.370 e. The molecule has 0 aliphatic carbocycles. The number of nitrogens with zero attached hydrogens (tertiary/aromatic N) is 1. The van der Waals surface area contributed by atoms with Crippen LogP contribution in [0.4, 0.5) is 20.3 Å². The van der Waals surface area contributed by atoms with E-state index in [-0.39, 0.29) is 16.4 Å². The van der Waals surface area contributed by atoms with E-state index in [2.05, 4.69) is 15.0 Å². The lowest BCUT2D eigenvalue weighted by Gasteiger charge is -2.10. The Labute approximate surface area is 156 Å². The molecule has 0 aliphatic rings. The van der Waals surface area contributed by atoms with Crippen LogP contribution in [0.15, 0.2) is 71.8 Å². The Bertz CT molecular complexity index is 1010. The van der Waals surface area contributed by atoms with Gasteiger partial charge in [0.25, 0.3) is 10.0 Å². The van der Waals surface area contributed by atoms with Crippen molar-refractivity contribution >= 4 is 21.5 Å². The van der Waals surface area contributed by atoms with E-state index in [1.165, 1.54) is 24.4 Å². The Kier molecular flexibility index (Phi) is 5.66. The highest BCUT2D eigenvalue weighted by Crippen LogP contribution is 2.17. The minimum atomic E-state index is -3.82. The van der Waals surface area contributed by atoms with Gasteiger partial charge in [0, 0.05) is 6.54 Å². The first-order valence-electron chi connectivity index (χ1n) is 8.16. The molecule has 0 fully saturated rings. The Balaban J connectivity index is 1.58. The largest absolute Gasteiger partial charge is 0.370 e. The highest BCUT2D eigenvalue weighted by Gasteiger charge is 2.14. The van der Waals surface area contributed by atoms with Gasteiger partial charge in [0.05, 0.1) is 16.8 Å². The zero-order valence-electron chi connectivity index (χ0n) is 14.2. The quantitative estimate of drug-likeness (QED) is 0.645. The van der Waals surface area contributed by atoms with E-state index in [0.717, 1.165) is 12.1 Å². The van der Waals surface area contributed by atoms with Crippen molar-refractivity contribution in [3.8, 4) is 0 Å². The van der Waals surface area contributed by atoms with Crippen LogP contribution in [0.2, 0.25) is 0 Å². The summed E-state index contributed by atoms with van der Waals surface area (Å²) in [7, 11) is -3.82. The first kappa shape index (κ1) is 18.8. The average molecular weight is 389 g/mol. The summed E-state index contributed by atoms with van der Waals surface area (Å²) in [4.78, 5) is 4.09. The Morgan fingerprint density at radius 3 is 2.33 bits per heavy atom. The van der Waals surface area contributed by atoms with E-state index in [4.69, 9.17) is 0 Å². The summed E-state index contributed by atoms with van der Waals surface area (Å²) in [5.74, 6) is -0.227. The molecule has 3 aromatic rings. The first-order valence-corrected chi connectivity index (χ1v) is 9.64. The third-order valence-electron chi connectivity index (χ3n) is 3.80. The molecule has 0 saturated carbocycles. The summed E-state index contributed by atoms with van der Waals surface area (Å²) in [5, 5.41) is 3.05. The van der Waals surface area contributed by atoms with Crippen LogP contribution < -0.4 is 10.0 Å². The number of aromatic nitrogens is 1. The standard InChI is InChI=1S/C19H17F2N3O2S/c20-15-5-8-17(9-6-15)27(25,26)24-16-7-10-19(23-13-16)22-12-11-14-3-1-2-4-18(14)21/h1-10,13,24H,11-12H2,(H,22,23). The summed E-state index contributed by atoms with van der Waals surface area (Å²) >= 11 is 0. The van der Waals surface area contributed by atoms with Gasteiger partial charge in [-0.05, 0) is 54.4 Å². The zero-order chi connectivity index (χ0) is 19.3. The highest BCUT2D eigenvalue weighted by atomic mass is 32.2. The molecule has 8 heteroatoms. The predicted octanol–water partition coefficient (Wildman–Crippen LogP) is 3.82. The second-order valence-electron chi connectivity index (χ2n) is 5.76. The molecule has 0 radical (unpaired) electrons. The maximum atomic E-state index is 13.6. The van der Waals surface area contributed by atoms with E-state index >= 15 is 0 Å². The fourth-order valence-corrected chi connectivity index (χ4v) is 3.46. The fourth-order valence-electron chi connectivity index (χ4n) is 2.41. The van der Waals surface area contributed by atoms with Crippen LogP contribution in [0.25, 0.3) is 0 Å². The van der Waals surface area contributed by atoms with Gasteiger partial charge in [0.1, 0.15) is 17.5 Å². The number of hydrogen-bond acceptors (Lipinski definition) is 4. The lowest BCUT2D eigenvalue weighted by Crippen LogP contribution is -2.13. The maximum Gasteiger partial charge on any atom is 0.261 e. The van der Waals surface area contributed by atoms with Gasteiger partial charge < -0.3 is 5.32 Å². The number of benzene rings is 2. The number of rotatable bonds is 7. The van der Waals surface area contributed by atoms with Crippen LogP contribution in [0, 0.1) is 11.6 Å². The van der Waals surface area contributed by atoms with E-state index in [9.17, 15) is 17.2 Å². The van der Waals surface area contributed by atoms with Gasteiger partial charge in [-0.1, -0.05) is 18.2 Å². The van der Waals surface area contributed by atoms with Gasteiger partial charge in [0.15, 0.2) is 0 Å². The molecule has 0 amide bonds. The molecule has 1 aromatic heterocycles. The van der Waals surface area contributed by atoms with Gasteiger partial charge in [-0.15, -0.1) is 0 Å². The number of sulfonamides is 1. The number of pyridine rings is 1. The van der Waals surface area contributed by atoms with Gasteiger partial charge >= 0.3 is 0 Å². The van der Waals surface area contributed by atoms with Crippen LogP contribution in [0.5, 0.6) is 0 Å². The lowest BCUT2D eigenvalue weighted by atomic mass is 10.1. The van der Waals surface area contributed by atoms with Crippen molar-refractivity contribution in [2.45, 2.75) is 11.3 Å². The summed E-state index contributed by atoms with van der Waals surface area (Å²) in [6, 6.07) is 14.2. The fraction of sp³-hybridized carbons (Fsp3) is 0.105. The van der Waals surface area contributed by atoms with Crippen molar-refractivity contribution in [3.05, 3.63) is 84.1 Å². The number of anilines is 2. The average Bonchev–Trinajstić information content (AvgIpc) is 2.65. The third kappa shape index (κ3) is 5.01. The van der Waals surface area contributed by atoms with Crippen molar-refractivity contribution in [3.63, 3.8) is 0 Å². The second kappa shape index (κ2) is 8.13. The van der Waals surface area contributed by atoms with Gasteiger partial charge in [-0.25, -0.2) is 22.2 Å². The molecule has 3 rings (SSSR count). The molecular weight excluding hydrogens is 372 g/mol. The van der Waals surface area contributed by atoms with E-state index in [1.54, 1.807) is 30.3 Å². The van der Waals surface area contributed by atoms with Crippen molar-refractivity contribution in [2.24, 2.45) is 0 Å². The van der Waals surface area contributed by atoms with Gasteiger partial charge in [0.2, 0.25) is 0 Å². The molecule has 0 aliphatic heterocycles. The SMILES string of the molecule is O=S(=O)(Nc1ccc(NCCc2ccccc2F)nc1)c1ccc(F)cc1. The number of halogens is 2. The van der Waals surface area contributed by atoms with Crippen LogP contribution in [-0.4, -0.2) is 19.9 Å². The Hall–Kier alpha value is -3.00. The maximum absolute atomic E-state index is 13.6. The van der Waals surface area contributed by atoms with Crippen molar-refractivity contribution in [2.75, 3.05) is 16.6 Å². The molecular formula is C19H17F2N3O2S. The summed E-state index contributed by atoms with van der Waals surface area (Å²) in [6.07, 6.45) is 1.86. The molecule has 5 nitrogen and oxygen atoms in total. The minimum absolute atomic E-state index is 0.0454. The normalized spacial score (nSPS) is 11.2. The van der Waals surface area contributed by atoms with Crippen molar-refractivity contribution in [1.82, 2.24) is 4.98 Å². The van der Waals surface area contributed by atoms with Crippen molar-refractivity contribution < 1.29 is 17.2 Å². The molecule has 2 N–H and O–H groups in total. The van der Waals surface area contributed by atoms with E-state index in [1.807, 2.05) is 0 Å². The van der Waals surface area contributed by atoms with Crippen LogP contribution in [-0.2, 0) is 16.4 Å². The number of hydrogen-bond donors (Lipinski definition) is 2. The number of nitrogens with one attached hydrogen (secondary N) is 2. The smallest absolute Gasteiger partial charge is 0.261 e. The monoisotopic (exact) mass is 389 g/mol. The molecule has 0 spiro atoms.